The zero-order chi connectivity index (χ0) is 5.98. The van der Waals surface area contributed by atoms with Crippen LogP contribution in [0.4, 0.5) is 0 Å². The molecule has 52 valence electrons. The molecule has 9 heavy (non-hydrogen) atoms. The Hall–Kier alpha value is -0.540. The van der Waals surface area contributed by atoms with Gasteiger partial charge in [0.2, 0.25) is 0 Å². The molecule has 1 aromatic heterocycles. The number of halogens is 1. The van der Waals surface area contributed by atoms with Gasteiger partial charge in [-0.3, -0.25) is 0 Å². The van der Waals surface area contributed by atoms with E-state index in [2.05, 4.69) is 4.98 Å². The average molecular weight is 149 g/mol. The van der Waals surface area contributed by atoms with Crippen LogP contribution in [-0.4, -0.2) is 4.98 Å². The van der Waals surface area contributed by atoms with Crippen LogP contribution in [0.5, 0.6) is 0 Å². The van der Waals surface area contributed by atoms with Gasteiger partial charge in [0.15, 0.2) is 6.39 Å². The number of nitrogens with zero attached hydrogens (tertiary/aromatic N) is 1. The van der Waals surface area contributed by atoms with E-state index in [1.165, 1.54) is 6.39 Å². The summed E-state index contributed by atoms with van der Waals surface area (Å²) in [6.07, 6.45) is 1.40. The maximum atomic E-state index is 5.26. The summed E-state index contributed by atoms with van der Waals surface area (Å²) >= 11 is 0. The molecule has 0 spiro atoms. The molecule has 0 aromatic carbocycles. The smallest absolute Gasteiger partial charge is 0.181 e. The molecule has 0 fully saturated rings. The van der Waals surface area contributed by atoms with Crippen molar-refractivity contribution in [3.8, 4) is 0 Å². The summed E-state index contributed by atoms with van der Waals surface area (Å²) in [5.74, 6) is 0.769. The molecule has 0 saturated heterocycles. The summed E-state index contributed by atoms with van der Waals surface area (Å²) in [5.41, 5.74) is 6.14. The molecule has 0 unspecified atom stereocenters. The van der Waals surface area contributed by atoms with Crippen molar-refractivity contribution in [3.05, 3.63) is 17.8 Å². The van der Waals surface area contributed by atoms with Crippen molar-refractivity contribution in [2.45, 2.75) is 13.5 Å². The lowest BCUT2D eigenvalue weighted by atomic mass is 10.4. The first kappa shape index (κ1) is 8.46. The Kier molecular flexibility index (Phi) is 3.27. The molecule has 0 radical (unpaired) electrons. The van der Waals surface area contributed by atoms with E-state index in [9.17, 15) is 0 Å². The van der Waals surface area contributed by atoms with Crippen LogP contribution in [0.2, 0.25) is 0 Å². The molecule has 0 amide bonds. The highest BCUT2D eigenvalue weighted by molar-refractivity contribution is 5.85. The maximum Gasteiger partial charge on any atom is 0.181 e. The van der Waals surface area contributed by atoms with Crippen LogP contribution in [0.3, 0.4) is 0 Å². The van der Waals surface area contributed by atoms with Gasteiger partial charge >= 0.3 is 0 Å². The number of hydrogen-bond acceptors (Lipinski definition) is 3. The van der Waals surface area contributed by atoms with Crippen LogP contribution in [-0.2, 0) is 6.54 Å². The Morgan fingerprint density at radius 2 is 2.44 bits per heavy atom. The van der Waals surface area contributed by atoms with Crippen molar-refractivity contribution in [1.82, 2.24) is 4.98 Å². The number of aromatic nitrogens is 1. The minimum absolute atomic E-state index is 0. The quantitative estimate of drug-likeness (QED) is 0.643. The highest BCUT2D eigenvalue weighted by Gasteiger charge is 1.96. The van der Waals surface area contributed by atoms with Gasteiger partial charge in [-0.2, -0.15) is 0 Å². The molecule has 0 saturated carbocycles. The van der Waals surface area contributed by atoms with Gasteiger partial charge in [0.1, 0.15) is 5.76 Å². The van der Waals surface area contributed by atoms with Crippen molar-refractivity contribution in [3.63, 3.8) is 0 Å². The normalized spacial score (nSPS) is 8.67. The van der Waals surface area contributed by atoms with Gasteiger partial charge in [-0.05, 0) is 6.92 Å². The van der Waals surface area contributed by atoms with Crippen LogP contribution >= 0.6 is 12.4 Å². The van der Waals surface area contributed by atoms with Crippen LogP contribution in [0.25, 0.3) is 0 Å². The fourth-order valence-corrected chi connectivity index (χ4v) is 0.522. The standard InChI is InChI=1S/C5H8N2O.ClH/c1-4-5(2-6)8-3-7-4;/h3H,2,6H2,1H3;1H. The van der Waals surface area contributed by atoms with Crippen LogP contribution in [0, 0.1) is 6.92 Å². The van der Waals surface area contributed by atoms with Crippen LogP contribution < -0.4 is 5.73 Å². The van der Waals surface area contributed by atoms with Crippen molar-refractivity contribution in [2.75, 3.05) is 0 Å². The van der Waals surface area contributed by atoms with E-state index in [4.69, 9.17) is 10.2 Å². The number of rotatable bonds is 1. The first-order valence-electron chi connectivity index (χ1n) is 2.43. The molecule has 0 aliphatic heterocycles. The summed E-state index contributed by atoms with van der Waals surface area (Å²) in [6.45, 7) is 2.30. The zero-order valence-corrected chi connectivity index (χ0v) is 5.94. The largest absolute Gasteiger partial charge is 0.447 e. The summed E-state index contributed by atoms with van der Waals surface area (Å²) in [6, 6.07) is 0. The van der Waals surface area contributed by atoms with Crippen molar-refractivity contribution in [2.24, 2.45) is 5.73 Å². The Balaban J connectivity index is 0.000000640. The Morgan fingerprint density at radius 3 is 2.67 bits per heavy atom. The molecular weight excluding hydrogens is 140 g/mol. The van der Waals surface area contributed by atoms with Crippen LogP contribution in [0.15, 0.2) is 10.8 Å². The molecule has 0 atom stereocenters. The molecule has 1 heterocycles. The van der Waals surface area contributed by atoms with E-state index in [1.807, 2.05) is 6.92 Å². The molecule has 3 nitrogen and oxygen atoms in total. The number of nitrogens with two attached hydrogens (primary N) is 1. The molecule has 0 aliphatic rings. The topological polar surface area (TPSA) is 52.0 Å². The Labute approximate surface area is 59.7 Å². The summed E-state index contributed by atoms with van der Waals surface area (Å²) < 4.78 is 4.88. The van der Waals surface area contributed by atoms with E-state index in [-0.39, 0.29) is 12.4 Å². The highest BCUT2D eigenvalue weighted by atomic mass is 35.5. The van der Waals surface area contributed by atoms with Gasteiger partial charge in [-0.15, -0.1) is 12.4 Å². The monoisotopic (exact) mass is 148 g/mol. The first-order valence-corrected chi connectivity index (χ1v) is 2.43. The predicted octanol–water partition coefficient (Wildman–Crippen LogP) is 0.864. The second-order valence-electron chi connectivity index (χ2n) is 1.57. The van der Waals surface area contributed by atoms with Crippen molar-refractivity contribution in [1.29, 1.82) is 0 Å². The second-order valence-corrected chi connectivity index (χ2v) is 1.57. The lowest BCUT2D eigenvalue weighted by Crippen LogP contribution is -1.95. The molecule has 0 aliphatic carbocycles. The van der Waals surface area contributed by atoms with Crippen LogP contribution in [0.1, 0.15) is 11.5 Å². The highest BCUT2D eigenvalue weighted by Crippen LogP contribution is 2.01. The number of hydrogen-bond donors (Lipinski definition) is 1. The second kappa shape index (κ2) is 3.48. The zero-order valence-electron chi connectivity index (χ0n) is 5.13. The minimum Gasteiger partial charge on any atom is -0.447 e. The third kappa shape index (κ3) is 1.69. The molecule has 1 rings (SSSR count). The average Bonchev–Trinajstić information content (AvgIpc) is 2.14. The van der Waals surface area contributed by atoms with E-state index >= 15 is 0 Å². The van der Waals surface area contributed by atoms with E-state index in [0.717, 1.165) is 11.5 Å². The predicted molar refractivity (Wildman–Crippen MR) is 36.4 cm³/mol. The van der Waals surface area contributed by atoms with Gasteiger partial charge in [0.25, 0.3) is 0 Å². The lowest BCUT2D eigenvalue weighted by molar-refractivity contribution is 0.504. The van der Waals surface area contributed by atoms with Crippen molar-refractivity contribution < 1.29 is 4.42 Å². The van der Waals surface area contributed by atoms with Gasteiger partial charge in [0.05, 0.1) is 12.2 Å². The third-order valence-corrected chi connectivity index (χ3v) is 1.03. The first-order chi connectivity index (χ1) is 3.84. The molecule has 4 heteroatoms. The molecule has 1 aromatic rings. The van der Waals surface area contributed by atoms with Gasteiger partial charge in [0, 0.05) is 0 Å². The fraction of sp³-hybridized carbons (Fsp3) is 0.400. The van der Waals surface area contributed by atoms with Gasteiger partial charge < -0.3 is 10.2 Å². The van der Waals surface area contributed by atoms with E-state index in [0.29, 0.717) is 6.54 Å². The lowest BCUT2D eigenvalue weighted by Gasteiger charge is -1.85. The number of oxazole rings is 1. The minimum atomic E-state index is 0. The molecular formula is C5H9ClN2O. The third-order valence-electron chi connectivity index (χ3n) is 1.03. The maximum absolute atomic E-state index is 5.26. The Bertz CT molecular complexity index is 175. The van der Waals surface area contributed by atoms with E-state index in [1.54, 1.807) is 0 Å². The van der Waals surface area contributed by atoms with Gasteiger partial charge in [-0.25, -0.2) is 4.98 Å². The molecule has 2 N–H and O–H groups in total. The SMILES string of the molecule is Cc1ncoc1CN.Cl. The summed E-state index contributed by atoms with van der Waals surface area (Å²) in [7, 11) is 0. The molecule has 0 bridgehead atoms. The summed E-state index contributed by atoms with van der Waals surface area (Å²) in [5, 5.41) is 0. The van der Waals surface area contributed by atoms with E-state index < -0.39 is 0 Å². The Morgan fingerprint density at radius 1 is 1.78 bits per heavy atom. The fourth-order valence-electron chi connectivity index (χ4n) is 0.522. The van der Waals surface area contributed by atoms with Gasteiger partial charge in [-0.1, -0.05) is 0 Å². The van der Waals surface area contributed by atoms with Crippen molar-refractivity contribution >= 4 is 12.4 Å². The summed E-state index contributed by atoms with van der Waals surface area (Å²) in [4.78, 5) is 3.84. The number of aryl methyl sites for hydroxylation is 1.